The summed E-state index contributed by atoms with van der Waals surface area (Å²) in [5, 5.41) is 15.5. The number of methoxy groups -OCH3 is 1. The standard InChI is InChI=1S/C41H48N2O10/c1-7-50-40(48)34(23-36(45)53-41(3,4)5)37(51-26-49-6)39(47)43(24-28-17-18-29-13-11-12-14-30(29)21-28)27(2)31(25-44)22-33-19-20-35(52-33)38(46)42-32-15-9-8-10-16-32/h8-21,27,31,44H,7,22-26H2,1-6H3,(H,42,46). The lowest BCUT2D eigenvalue weighted by molar-refractivity contribution is -0.155. The second kappa shape index (κ2) is 18.9. The molecule has 4 aromatic rings. The summed E-state index contributed by atoms with van der Waals surface area (Å²) in [6.45, 7) is 7.65. The summed E-state index contributed by atoms with van der Waals surface area (Å²) in [4.78, 5) is 55.6. The molecule has 12 heteroatoms. The molecule has 2 amide bonds. The largest absolute Gasteiger partial charge is 0.463 e. The van der Waals surface area contributed by atoms with E-state index < -0.39 is 60.3 Å². The number of nitrogens with zero attached hydrogens (tertiary/aromatic N) is 1. The number of anilines is 1. The quantitative estimate of drug-likeness (QED) is 0.0539. The summed E-state index contributed by atoms with van der Waals surface area (Å²) in [5.74, 6) is -3.44. The minimum Gasteiger partial charge on any atom is -0.463 e. The van der Waals surface area contributed by atoms with Crippen LogP contribution in [0.4, 0.5) is 5.69 Å². The number of hydrogen-bond acceptors (Lipinski definition) is 10. The molecule has 282 valence electrons. The van der Waals surface area contributed by atoms with Crippen LogP contribution in [0.5, 0.6) is 0 Å². The number of rotatable bonds is 17. The van der Waals surface area contributed by atoms with Gasteiger partial charge in [0.2, 0.25) is 0 Å². The molecule has 2 N–H and O–H groups in total. The third-order valence-electron chi connectivity index (χ3n) is 8.27. The van der Waals surface area contributed by atoms with Crippen molar-refractivity contribution in [3.05, 3.63) is 113 Å². The van der Waals surface area contributed by atoms with E-state index in [-0.39, 0.29) is 37.5 Å². The van der Waals surface area contributed by atoms with Crippen molar-refractivity contribution >= 4 is 40.2 Å². The Bertz CT molecular complexity index is 1890. The minimum atomic E-state index is -0.924. The van der Waals surface area contributed by atoms with E-state index in [0.717, 1.165) is 16.3 Å². The number of amides is 2. The van der Waals surface area contributed by atoms with Gasteiger partial charge in [-0.3, -0.25) is 14.4 Å². The molecule has 0 aliphatic heterocycles. The highest BCUT2D eigenvalue weighted by Crippen LogP contribution is 2.27. The molecule has 0 aliphatic rings. The molecule has 2 unspecified atom stereocenters. The molecule has 0 spiro atoms. The Labute approximate surface area is 309 Å². The van der Waals surface area contributed by atoms with Crippen molar-refractivity contribution < 1.29 is 47.6 Å². The number of aliphatic hydroxyl groups excluding tert-OH is 1. The SMILES string of the molecule is CCOC(=O)C(CC(=O)OC(C)(C)C)=C(OCOC)C(=O)N(Cc1ccc2ccccc2c1)C(C)C(CO)Cc1ccc(C(=O)Nc2ccccc2)o1. The van der Waals surface area contributed by atoms with Gasteiger partial charge in [0.05, 0.1) is 18.6 Å². The van der Waals surface area contributed by atoms with E-state index in [1.165, 1.54) is 12.0 Å². The van der Waals surface area contributed by atoms with E-state index >= 15 is 0 Å². The first-order chi connectivity index (χ1) is 25.3. The number of benzene rings is 3. The Morgan fingerprint density at radius 3 is 2.26 bits per heavy atom. The highest BCUT2D eigenvalue weighted by atomic mass is 16.7. The van der Waals surface area contributed by atoms with Crippen LogP contribution in [0.2, 0.25) is 0 Å². The van der Waals surface area contributed by atoms with Crippen LogP contribution < -0.4 is 5.32 Å². The lowest BCUT2D eigenvalue weighted by Crippen LogP contribution is -2.45. The normalized spacial score (nSPS) is 13.0. The third-order valence-corrected chi connectivity index (χ3v) is 8.27. The molecule has 0 radical (unpaired) electrons. The van der Waals surface area contributed by atoms with E-state index in [9.17, 15) is 24.3 Å². The Hall–Kier alpha value is -5.46. The average molecular weight is 729 g/mol. The Balaban J connectivity index is 1.73. The molecule has 2 atom stereocenters. The molecular formula is C41H48N2O10. The van der Waals surface area contributed by atoms with E-state index in [4.69, 9.17) is 23.4 Å². The number of fused-ring (bicyclic) bond motifs is 1. The van der Waals surface area contributed by atoms with Crippen molar-refractivity contribution in [2.24, 2.45) is 5.92 Å². The summed E-state index contributed by atoms with van der Waals surface area (Å²) in [6, 6.07) is 25.0. The Morgan fingerprint density at radius 2 is 1.60 bits per heavy atom. The van der Waals surface area contributed by atoms with Gasteiger partial charge in [0.1, 0.15) is 11.4 Å². The van der Waals surface area contributed by atoms with Crippen molar-refractivity contribution in [1.82, 2.24) is 4.90 Å². The van der Waals surface area contributed by atoms with Gasteiger partial charge in [-0.2, -0.15) is 0 Å². The third kappa shape index (κ3) is 11.5. The first-order valence-corrected chi connectivity index (χ1v) is 17.4. The lowest BCUT2D eigenvalue weighted by atomic mass is 9.94. The maximum atomic E-state index is 14.8. The van der Waals surface area contributed by atoms with Crippen molar-refractivity contribution in [1.29, 1.82) is 0 Å². The Kier molecular flexibility index (Phi) is 14.3. The molecule has 1 aromatic heterocycles. The number of nitrogens with one attached hydrogen (secondary N) is 1. The molecular weight excluding hydrogens is 680 g/mol. The maximum Gasteiger partial charge on any atom is 0.338 e. The average Bonchev–Trinajstić information content (AvgIpc) is 3.60. The van der Waals surface area contributed by atoms with Crippen LogP contribution in [-0.2, 0) is 46.3 Å². The van der Waals surface area contributed by atoms with Gasteiger partial charge in [0.15, 0.2) is 18.3 Å². The first kappa shape index (κ1) is 40.3. The van der Waals surface area contributed by atoms with Crippen molar-refractivity contribution in [2.45, 2.75) is 65.6 Å². The van der Waals surface area contributed by atoms with Gasteiger partial charge in [-0.25, -0.2) is 4.79 Å². The van der Waals surface area contributed by atoms with Crippen LogP contribution in [0.15, 0.2) is 101 Å². The smallest absolute Gasteiger partial charge is 0.338 e. The summed E-state index contributed by atoms with van der Waals surface area (Å²) < 4.78 is 27.6. The summed E-state index contributed by atoms with van der Waals surface area (Å²) in [6.07, 6.45) is -0.457. The van der Waals surface area contributed by atoms with Crippen molar-refractivity contribution in [2.75, 3.05) is 32.4 Å². The fourth-order valence-corrected chi connectivity index (χ4v) is 5.67. The fraction of sp³-hybridized carbons (Fsp3) is 0.366. The topological polar surface area (TPSA) is 154 Å². The fourth-order valence-electron chi connectivity index (χ4n) is 5.67. The summed E-state index contributed by atoms with van der Waals surface area (Å²) in [7, 11) is 1.36. The van der Waals surface area contributed by atoms with Crippen LogP contribution in [0, 0.1) is 5.92 Å². The summed E-state index contributed by atoms with van der Waals surface area (Å²) >= 11 is 0. The molecule has 4 rings (SSSR count). The lowest BCUT2D eigenvalue weighted by Gasteiger charge is -2.35. The monoisotopic (exact) mass is 728 g/mol. The van der Waals surface area contributed by atoms with Crippen LogP contribution >= 0.6 is 0 Å². The molecule has 0 aliphatic carbocycles. The van der Waals surface area contributed by atoms with Crippen LogP contribution in [0.1, 0.15) is 62.9 Å². The molecule has 0 saturated carbocycles. The molecule has 0 saturated heterocycles. The highest BCUT2D eigenvalue weighted by Gasteiger charge is 2.35. The number of hydrogen-bond donors (Lipinski definition) is 2. The Morgan fingerprint density at radius 1 is 0.906 bits per heavy atom. The van der Waals surface area contributed by atoms with Gasteiger partial charge in [-0.15, -0.1) is 0 Å². The van der Waals surface area contributed by atoms with Crippen molar-refractivity contribution in [3.8, 4) is 0 Å². The van der Waals surface area contributed by atoms with Gasteiger partial charge in [-0.1, -0.05) is 54.6 Å². The zero-order chi connectivity index (χ0) is 38.5. The van der Waals surface area contributed by atoms with Gasteiger partial charge in [0.25, 0.3) is 11.8 Å². The van der Waals surface area contributed by atoms with Gasteiger partial charge in [-0.05, 0) is 81.3 Å². The molecule has 53 heavy (non-hydrogen) atoms. The van der Waals surface area contributed by atoms with Crippen LogP contribution in [-0.4, -0.2) is 72.5 Å². The van der Waals surface area contributed by atoms with Gasteiger partial charge >= 0.3 is 11.9 Å². The van der Waals surface area contributed by atoms with E-state index in [0.29, 0.717) is 11.4 Å². The second-order valence-electron chi connectivity index (χ2n) is 13.4. The van der Waals surface area contributed by atoms with E-state index in [1.807, 2.05) is 48.5 Å². The minimum absolute atomic E-state index is 0.0271. The first-order valence-electron chi connectivity index (χ1n) is 17.4. The van der Waals surface area contributed by atoms with Crippen LogP contribution in [0.3, 0.4) is 0 Å². The number of aliphatic hydroxyl groups is 1. The molecule has 1 heterocycles. The molecule has 12 nitrogen and oxygen atoms in total. The van der Waals surface area contributed by atoms with E-state index in [1.54, 1.807) is 71.0 Å². The number of furan rings is 1. The van der Waals surface area contributed by atoms with Crippen molar-refractivity contribution in [3.63, 3.8) is 0 Å². The number of carbonyl (C=O) groups excluding carboxylic acids is 4. The van der Waals surface area contributed by atoms with Gasteiger partial charge in [0, 0.05) is 44.3 Å². The molecule has 0 bridgehead atoms. The number of ether oxygens (including phenoxy) is 4. The maximum absolute atomic E-state index is 14.8. The summed E-state index contributed by atoms with van der Waals surface area (Å²) in [5.41, 5.74) is 0.162. The number of carbonyl (C=O) groups is 4. The molecule has 3 aromatic carbocycles. The number of esters is 2. The van der Waals surface area contributed by atoms with Crippen LogP contribution in [0.25, 0.3) is 10.8 Å². The predicted octanol–water partition coefficient (Wildman–Crippen LogP) is 6.42. The predicted molar refractivity (Wildman–Crippen MR) is 198 cm³/mol. The molecule has 0 fully saturated rings. The highest BCUT2D eigenvalue weighted by molar-refractivity contribution is 6.04. The zero-order valence-corrected chi connectivity index (χ0v) is 31.0. The zero-order valence-electron chi connectivity index (χ0n) is 31.0. The number of para-hydroxylation sites is 1. The van der Waals surface area contributed by atoms with Gasteiger partial charge < -0.3 is 38.7 Å². The second-order valence-corrected chi connectivity index (χ2v) is 13.4. The van der Waals surface area contributed by atoms with E-state index in [2.05, 4.69) is 5.32 Å².